The molecule has 0 aliphatic rings. The molecule has 200 valence electrons. The minimum atomic E-state index is -0.539. The third kappa shape index (κ3) is 10.1. The van der Waals surface area contributed by atoms with Crippen LogP contribution in [0.15, 0.2) is 73.3 Å². The largest absolute Gasteiger partial charge is 0.384 e. The van der Waals surface area contributed by atoms with Crippen LogP contribution in [0.3, 0.4) is 0 Å². The number of nitro groups is 4. The van der Waals surface area contributed by atoms with Crippen molar-refractivity contribution in [2.24, 2.45) is 0 Å². The van der Waals surface area contributed by atoms with E-state index in [1.165, 1.54) is 60.9 Å². The zero-order chi connectivity index (χ0) is 28.9. The molecule has 0 aliphatic heterocycles. The fraction of sp³-hybridized carbons (Fsp3) is 0.0476. The molecule has 0 radical (unpaired) electrons. The van der Waals surface area contributed by atoms with Crippen LogP contribution in [0, 0.1) is 40.5 Å². The lowest BCUT2D eigenvalue weighted by atomic mass is 10.2. The summed E-state index contributed by atoms with van der Waals surface area (Å²) in [7, 11) is 0. The van der Waals surface area contributed by atoms with Gasteiger partial charge in [-0.3, -0.25) is 50.4 Å². The molecule has 0 spiro atoms. The summed E-state index contributed by atoms with van der Waals surface area (Å²) in [4.78, 5) is 54.1. The Morgan fingerprint density at radius 1 is 0.615 bits per heavy atom. The van der Waals surface area contributed by atoms with Gasteiger partial charge < -0.3 is 5.73 Å². The van der Waals surface area contributed by atoms with Gasteiger partial charge in [0.15, 0.2) is 0 Å². The number of nitrogen functional groups attached to an aromatic ring is 1. The van der Waals surface area contributed by atoms with Gasteiger partial charge in [0.05, 0.1) is 31.5 Å². The van der Waals surface area contributed by atoms with Gasteiger partial charge in [-0.2, -0.15) is 0 Å². The lowest BCUT2D eigenvalue weighted by molar-refractivity contribution is -0.385. The van der Waals surface area contributed by atoms with E-state index in [1.54, 1.807) is 0 Å². The van der Waals surface area contributed by atoms with Crippen molar-refractivity contribution < 1.29 is 19.7 Å². The molecule has 0 fully saturated rings. The second-order valence-electron chi connectivity index (χ2n) is 7.00. The van der Waals surface area contributed by atoms with Gasteiger partial charge in [-0.05, 0) is 12.1 Å². The van der Waals surface area contributed by atoms with Crippen molar-refractivity contribution in [3.63, 3.8) is 0 Å². The predicted molar refractivity (Wildman–Crippen MR) is 136 cm³/mol. The Labute approximate surface area is 222 Å². The molecule has 4 aromatic heterocycles. The lowest BCUT2D eigenvalue weighted by Crippen LogP contribution is -1.98. The Morgan fingerprint density at radius 3 is 1.56 bits per heavy atom. The minimum absolute atomic E-state index is 0.0417. The first kappa shape index (κ1) is 29.5. The number of nitrogens with two attached hydrogens (primary N) is 1. The minimum Gasteiger partial charge on any atom is -0.384 e. The topological polar surface area (TPSA) is 250 Å². The molecule has 4 aromatic rings. The van der Waals surface area contributed by atoms with E-state index < -0.39 is 19.7 Å². The number of hydrogen-bond acceptors (Lipinski definition) is 13. The van der Waals surface area contributed by atoms with E-state index in [0.717, 1.165) is 12.4 Å². The molecule has 4 rings (SSSR count). The molecule has 4 heterocycles. The number of halogens is 1. The quantitative estimate of drug-likeness (QED) is 0.199. The Bertz CT molecular complexity index is 1470. The molecule has 0 amide bonds. The van der Waals surface area contributed by atoms with Gasteiger partial charge in [0.25, 0.3) is 22.7 Å². The second kappa shape index (κ2) is 14.1. The van der Waals surface area contributed by atoms with E-state index in [4.69, 9.17) is 17.3 Å². The summed E-state index contributed by atoms with van der Waals surface area (Å²) in [6.45, 7) is 0. The monoisotopic (exact) mass is 557 g/mol. The van der Waals surface area contributed by atoms with Crippen molar-refractivity contribution in [1.82, 2.24) is 19.9 Å². The number of aromatic nitrogens is 4. The molecular formula is C21H16ClN9O8. The average molecular weight is 558 g/mol. The first-order valence-electron chi connectivity index (χ1n) is 10.3. The van der Waals surface area contributed by atoms with Gasteiger partial charge in [-0.1, -0.05) is 11.6 Å². The van der Waals surface area contributed by atoms with Crippen LogP contribution >= 0.6 is 11.6 Å². The van der Waals surface area contributed by atoms with Crippen LogP contribution < -0.4 is 5.73 Å². The van der Waals surface area contributed by atoms with Crippen LogP contribution in [-0.4, -0.2) is 39.6 Å². The summed E-state index contributed by atoms with van der Waals surface area (Å²) in [6, 6.07) is 10.7. The number of nitrogens with zero attached hydrogens (tertiary/aromatic N) is 8. The molecule has 0 saturated carbocycles. The maximum Gasteiger partial charge on any atom is 0.287 e. The maximum absolute atomic E-state index is 10.6. The highest BCUT2D eigenvalue weighted by Crippen LogP contribution is 2.15. The maximum atomic E-state index is 10.6. The molecule has 0 atom stereocenters. The Kier molecular flexibility index (Phi) is 10.7. The van der Waals surface area contributed by atoms with Crippen molar-refractivity contribution in [1.29, 1.82) is 0 Å². The van der Waals surface area contributed by atoms with E-state index >= 15 is 0 Å². The summed E-state index contributed by atoms with van der Waals surface area (Å²) in [5.74, 6) is 0.283. The van der Waals surface area contributed by atoms with Crippen LogP contribution in [-0.2, 0) is 6.42 Å². The number of hydrogen-bond donors (Lipinski definition) is 1. The summed E-state index contributed by atoms with van der Waals surface area (Å²) < 4.78 is 0. The normalized spacial score (nSPS) is 9.67. The van der Waals surface area contributed by atoms with Gasteiger partial charge in [0, 0.05) is 54.8 Å². The lowest BCUT2D eigenvalue weighted by Gasteiger charge is -2.00. The number of pyridine rings is 4. The number of rotatable bonds is 6. The third-order valence-electron chi connectivity index (χ3n) is 4.30. The van der Waals surface area contributed by atoms with E-state index in [0.29, 0.717) is 11.4 Å². The zero-order valence-corrected chi connectivity index (χ0v) is 20.2. The van der Waals surface area contributed by atoms with Crippen molar-refractivity contribution in [2.45, 2.75) is 6.42 Å². The van der Waals surface area contributed by atoms with E-state index in [9.17, 15) is 40.5 Å². The molecule has 0 bridgehead atoms. The highest BCUT2D eigenvalue weighted by Gasteiger charge is 2.10. The van der Waals surface area contributed by atoms with E-state index in [-0.39, 0.29) is 40.1 Å². The smallest absolute Gasteiger partial charge is 0.287 e. The highest BCUT2D eigenvalue weighted by molar-refractivity contribution is 6.29. The number of anilines is 1. The fourth-order valence-corrected chi connectivity index (χ4v) is 2.67. The van der Waals surface area contributed by atoms with Gasteiger partial charge in [-0.15, -0.1) is 0 Å². The van der Waals surface area contributed by atoms with Crippen molar-refractivity contribution in [3.8, 4) is 0 Å². The molecule has 0 aromatic carbocycles. The van der Waals surface area contributed by atoms with Crippen molar-refractivity contribution in [2.75, 3.05) is 5.73 Å². The molecule has 2 N–H and O–H groups in total. The third-order valence-corrected chi connectivity index (χ3v) is 4.50. The molecule has 17 nitrogen and oxygen atoms in total. The van der Waals surface area contributed by atoms with Crippen molar-refractivity contribution in [3.05, 3.63) is 130 Å². The van der Waals surface area contributed by atoms with Gasteiger partial charge >= 0.3 is 0 Å². The van der Waals surface area contributed by atoms with E-state index in [2.05, 4.69) is 19.9 Å². The van der Waals surface area contributed by atoms with Crippen LogP contribution in [0.5, 0.6) is 0 Å². The molecular weight excluding hydrogens is 542 g/mol. The Balaban J connectivity index is 0.000000225. The molecule has 0 aliphatic carbocycles. The summed E-state index contributed by atoms with van der Waals surface area (Å²) in [6.07, 6.45) is 5.18. The van der Waals surface area contributed by atoms with Crippen molar-refractivity contribution >= 4 is 40.2 Å². The van der Waals surface area contributed by atoms with Crippen LogP contribution in [0.1, 0.15) is 11.4 Å². The Morgan fingerprint density at radius 2 is 1.13 bits per heavy atom. The molecule has 18 heteroatoms. The SMILES string of the molecule is Nc1ccc([N+](=O)[O-])cn1.O=[N+]([O-])c1ccc(Cc2cc([N+](=O)[O-])ccn2)nc1.O=[N+]([O-])c1ccnc(Cl)c1. The summed E-state index contributed by atoms with van der Waals surface area (Å²) >= 11 is 5.37. The fourth-order valence-electron chi connectivity index (χ4n) is 2.50. The first-order chi connectivity index (χ1) is 18.5. The Hall–Kier alpha value is -5.71. The van der Waals surface area contributed by atoms with Gasteiger partial charge in [0.1, 0.15) is 23.4 Å². The van der Waals surface area contributed by atoms with Crippen LogP contribution in [0.4, 0.5) is 28.6 Å². The zero-order valence-electron chi connectivity index (χ0n) is 19.4. The molecule has 0 unspecified atom stereocenters. The van der Waals surface area contributed by atoms with Gasteiger partial charge in [-0.25, -0.2) is 9.97 Å². The average Bonchev–Trinajstić information content (AvgIpc) is 2.90. The van der Waals surface area contributed by atoms with Gasteiger partial charge in [0.2, 0.25) is 0 Å². The van der Waals surface area contributed by atoms with Crippen LogP contribution in [0.2, 0.25) is 5.15 Å². The molecule has 0 saturated heterocycles. The molecule has 39 heavy (non-hydrogen) atoms. The summed E-state index contributed by atoms with van der Waals surface area (Å²) in [5, 5.41) is 41.3. The van der Waals surface area contributed by atoms with Crippen LogP contribution in [0.25, 0.3) is 0 Å². The standard InChI is InChI=1S/C11H8N4O4.C5H3ClN2O2.C5H5N3O2/c16-14(17)10-3-4-12-9(6-10)5-8-1-2-11(7-13-8)15(18)19;6-5-3-4(8(9)10)1-2-7-5;6-5-2-1-4(3-7-5)8(9)10/h1-4,6-7H,5H2;1-3H;1-3H,(H2,6,7). The second-order valence-corrected chi connectivity index (χ2v) is 7.38. The first-order valence-corrected chi connectivity index (χ1v) is 10.6. The van der Waals surface area contributed by atoms with E-state index in [1.807, 2.05) is 0 Å². The predicted octanol–water partition coefficient (Wildman–Crippen LogP) is 4.10. The highest BCUT2D eigenvalue weighted by atomic mass is 35.5. The summed E-state index contributed by atoms with van der Waals surface area (Å²) in [5.41, 5.74) is 5.99.